The van der Waals surface area contributed by atoms with Crippen LogP contribution in [0.5, 0.6) is 0 Å². The van der Waals surface area contributed by atoms with Crippen LogP contribution in [-0.4, -0.2) is 26.2 Å². The van der Waals surface area contributed by atoms with Crippen molar-refractivity contribution in [2.75, 3.05) is 0 Å². The number of fused-ring (bicyclic) bond motifs is 1. The number of hydrogen-bond donors (Lipinski definition) is 0. The van der Waals surface area contributed by atoms with Crippen LogP contribution in [0.25, 0.3) is 5.65 Å². The lowest BCUT2D eigenvalue weighted by atomic mass is 9.90. The first-order valence-electron chi connectivity index (χ1n) is 10.1. The van der Waals surface area contributed by atoms with Gasteiger partial charge >= 0.3 is 0 Å². The molecule has 144 valence electrons. The van der Waals surface area contributed by atoms with Crippen molar-refractivity contribution in [3.05, 3.63) is 108 Å². The van der Waals surface area contributed by atoms with E-state index in [-0.39, 0.29) is 11.8 Å². The van der Waals surface area contributed by atoms with Crippen LogP contribution in [0.15, 0.2) is 91.3 Å². The number of carbonyl (C=O) groups excluding carboxylic acids is 1. The quantitative estimate of drug-likeness (QED) is 0.487. The summed E-state index contributed by atoms with van der Waals surface area (Å²) in [6, 6.07) is 26.5. The van der Waals surface area contributed by atoms with E-state index in [1.54, 1.807) is 0 Å². The van der Waals surface area contributed by atoms with E-state index in [0.29, 0.717) is 12.6 Å². The SMILES string of the molecule is O=C(C(c1ccccc1)c1ccccc1)N(Cc1cnc2ccccn12)C1CC1. The van der Waals surface area contributed by atoms with Crippen LogP contribution in [0, 0.1) is 0 Å². The molecule has 1 fully saturated rings. The molecule has 0 spiro atoms. The molecule has 0 unspecified atom stereocenters. The molecule has 0 radical (unpaired) electrons. The van der Waals surface area contributed by atoms with Crippen molar-refractivity contribution in [2.24, 2.45) is 0 Å². The molecule has 0 saturated heterocycles. The topological polar surface area (TPSA) is 37.6 Å². The normalized spacial score (nSPS) is 13.7. The molecule has 29 heavy (non-hydrogen) atoms. The minimum absolute atomic E-state index is 0.163. The lowest BCUT2D eigenvalue weighted by Crippen LogP contribution is -2.37. The molecule has 1 saturated carbocycles. The molecule has 4 heteroatoms. The van der Waals surface area contributed by atoms with Crippen molar-refractivity contribution >= 4 is 11.6 Å². The third-order valence-electron chi connectivity index (χ3n) is 5.61. The van der Waals surface area contributed by atoms with Crippen LogP contribution in [-0.2, 0) is 11.3 Å². The minimum atomic E-state index is -0.294. The highest BCUT2D eigenvalue weighted by Crippen LogP contribution is 2.34. The van der Waals surface area contributed by atoms with Crippen LogP contribution in [0.1, 0.15) is 35.6 Å². The highest BCUT2D eigenvalue weighted by Gasteiger charge is 2.37. The number of benzene rings is 2. The third kappa shape index (κ3) is 3.54. The molecule has 2 aromatic carbocycles. The second kappa shape index (κ2) is 7.55. The summed E-state index contributed by atoms with van der Waals surface area (Å²) in [5, 5.41) is 0. The zero-order valence-corrected chi connectivity index (χ0v) is 16.2. The maximum absolute atomic E-state index is 13.9. The van der Waals surface area contributed by atoms with Crippen molar-refractivity contribution < 1.29 is 4.79 Å². The molecule has 1 amide bonds. The fourth-order valence-electron chi connectivity index (χ4n) is 3.98. The molecule has 5 rings (SSSR count). The van der Waals surface area contributed by atoms with Gasteiger partial charge in [0.05, 0.1) is 24.4 Å². The van der Waals surface area contributed by atoms with Crippen molar-refractivity contribution in [1.29, 1.82) is 0 Å². The summed E-state index contributed by atoms with van der Waals surface area (Å²) >= 11 is 0. The van der Waals surface area contributed by atoms with Crippen LogP contribution in [0.4, 0.5) is 0 Å². The molecule has 2 aromatic heterocycles. The molecule has 1 aliphatic carbocycles. The maximum Gasteiger partial charge on any atom is 0.235 e. The lowest BCUT2D eigenvalue weighted by molar-refractivity contribution is -0.133. The largest absolute Gasteiger partial charge is 0.333 e. The van der Waals surface area contributed by atoms with E-state index < -0.39 is 0 Å². The summed E-state index contributed by atoms with van der Waals surface area (Å²) < 4.78 is 2.07. The predicted octanol–water partition coefficient (Wildman–Crippen LogP) is 4.66. The van der Waals surface area contributed by atoms with Crippen molar-refractivity contribution in [3.8, 4) is 0 Å². The molecule has 4 aromatic rings. The number of imidazole rings is 1. The molecule has 1 aliphatic rings. The van der Waals surface area contributed by atoms with E-state index in [4.69, 9.17) is 0 Å². The van der Waals surface area contributed by atoms with Crippen LogP contribution in [0.3, 0.4) is 0 Å². The lowest BCUT2D eigenvalue weighted by Gasteiger charge is -2.28. The number of carbonyl (C=O) groups is 1. The van der Waals surface area contributed by atoms with E-state index in [1.165, 1.54) is 0 Å². The van der Waals surface area contributed by atoms with Crippen molar-refractivity contribution in [2.45, 2.75) is 31.3 Å². The van der Waals surface area contributed by atoms with E-state index in [0.717, 1.165) is 35.3 Å². The molecule has 0 N–H and O–H groups in total. The molecular formula is C25H23N3O. The van der Waals surface area contributed by atoms with Gasteiger partial charge in [-0.1, -0.05) is 66.7 Å². The number of pyridine rings is 1. The summed E-state index contributed by atoms with van der Waals surface area (Å²) in [5.41, 5.74) is 4.02. The molecule has 0 bridgehead atoms. The second-order valence-electron chi connectivity index (χ2n) is 7.63. The van der Waals surface area contributed by atoms with Gasteiger partial charge in [-0.2, -0.15) is 0 Å². The number of hydrogen-bond acceptors (Lipinski definition) is 2. The van der Waals surface area contributed by atoms with Gasteiger partial charge in [0.15, 0.2) is 0 Å². The van der Waals surface area contributed by atoms with Gasteiger partial charge in [0.25, 0.3) is 0 Å². The fourth-order valence-corrected chi connectivity index (χ4v) is 3.98. The Hall–Kier alpha value is -3.40. The van der Waals surface area contributed by atoms with Crippen LogP contribution >= 0.6 is 0 Å². The first kappa shape index (κ1) is 17.7. The summed E-state index contributed by atoms with van der Waals surface area (Å²) in [6.45, 7) is 0.574. The fraction of sp³-hybridized carbons (Fsp3) is 0.200. The van der Waals surface area contributed by atoms with E-state index in [1.807, 2.05) is 67.0 Å². The van der Waals surface area contributed by atoms with E-state index in [2.05, 4.69) is 38.6 Å². The van der Waals surface area contributed by atoms with E-state index >= 15 is 0 Å². The van der Waals surface area contributed by atoms with Crippen LogP contribution < -0.4 is 0 Å². The molecule has 0 aliphatic heterocycles. The van der Waals surface area contributed by atoms with Gasteiger partial charge in [-0.15, -0.1) is 0 Å². The summed E-state index contributed by atoms with van der Waals surface area (Å²) in [4.78, 5) is 20.4. The number of aromatic nitrogens is 2. The zero-order valence-electron chi connectivity index (χ0n) is 16.2. The van der Waals surface area contributed by atoms with Gasteiger partial charge in [-0.3, -0.25) is 4.79 Å². The molecule has 0 atom stereocenters. The Balaban J connectivity index is 1.52. The monoisotopic (exact) mass is 381 g/mol. The smallest absolute Gasteiger partial charge is 0.235 e. The first-order chi connectivity index (χ1) is 14.3. The second-order valence-corrected chi connectivity index (χ2v) is 7.63. The van der Waals surface area contributed by atoms with Gasteiger partial charge in [0.1, 0.15) is 5.65 Å². The first-order valence-corrected chi connectivity index (χ1v) is 10.1. The van der Waals surface area contributed by atoms with Gasteiger partial charge in [-0.05, 0) is 36.1 Å². The van der Waals surface area contributed by atoms with Gasteiger partial charge < -0.3 is 9.30 Å². The Morgan fingerprint density at radius 1 is 0.931 bits per heavy atom. The average molecular weight is 381 g/mol. The molecular weight excluding hydrogens is 358 g/mol. The Morgan fingerprint density at radius 2 is 1.55 bits per heavy atom. The highest BCUT2D eigenvalue weighted by atomic mass is 16.2. The van der Waals surface area contributed by atoms with Crippen molar-refractivity contribution in [1.82, 2.24) is 14.3 Å². The van der Waals surface area contributed by atoms with Gasteiger partial charge in [-0.25, -0.2) is 4.98 Å². The standard InChI is InChI=1S/C25H23N3O/c29-25(24(19-9-3-1-4-10-19)20-11-5-2-6-12-20)28(21-14-15-21)18-22-17-26-23-13-7-8-16-27(22)23/h1-13,16-17,21,24H,14-15,18H2. The van der Waals surface area contributed by atoms with E-state index in [9.17, 15) is 4.79 Å². The Kier molecular flexibility index (Phi) is 4.60. The summed E-state index contributed by atoms with van der Waals surface area (Å²) in [5.74, 6) is -0.132. The third-order valence-corrected chi connectivity index (χ3v) is 5.61. The van der Waals surface area contributed by atoms with Crippen LogP contribution in [0.2, 0.25) is 0 Å². The Labute approximate surface area is 170 Å². The summed E-state index contributed by atoms with van der Waals surface area (Å²) in [7, 11) is 0. The Morgan fingerprint density at radius 3 is 2.17 bits per heavy atom. The predicted molar refractivity (Wildman–Crippen MR) is 113 cm³/mol. The number of nitrogens with zero attached hydrogens (tertiary/aromatic N) is 3. The zero-order chi connectivity index (χ0) is 19.6. The highest BCUT2D eigenvalue weighted by molar-refractivity contribution is 5.87. The minimum Gasteiger partial charge on any atom is -0.333 e. The average Bonchev–Trinajstić information content (AvgIpc) is 3.54. The van der Waals surface area contributed by atoms with Gasteiger partial charge in [0, 0.05) is 12.2 Å². The van der Waals surface area contributed by atoms with Crippen molar-refractivity contribution in [3.63, 3.8) is 0 Å². The number of amides is 1. The van der Waals surface area contributed by atoms with Gasteiger partial charge in [0.2, 0.25) is 5.91 Å². The molecule has 4 nitrogen and oxygen atoms in total. The Bertz CT molecular complexity index is 1080. The summed E-state index contributed by atoms with van der Waals surface area (Å²) in [6.07, 6.45) is 6.04. The number of rotatable bonds is 6. The maximum atomic E-state index is 13.9. The molecule has 2 heterocycles.